The Morgan fingerprint density at radius 2 is 1.81 bits per heavy atom. The summed E-state index contributed by atoms with van der Waals surface area (Å²) in [5.41, 5.74) is 3.25. The number of amides is 1. The molecule has 0 radical (unpaired) electrons. The van der Waals surface area contributed by atoms with E-state index in [0.29, 0.717) is 11.5 Å². The first kappa shape index (κ1) is 17.5. The number of hydrogen-bond donors (Lipinski definition) is 2. The van der Waals surface area contributed by atoms with Crippen LogP contribution in [0.4, 0.5) is 10.7 Å². The second-order valence-corrected chi connectivity index (χ2v) is 6.56. The summed E-state index contributed by atoms with van der Waals surface area (Å²) in [6.07, 6.45) is -0.696. The van der Waals surface area contributed by atoms with E-state index in [-0.39, 0.29) is 12.2 Å². The van der Waals surface area contributed by atoms with Gasteiger partial charge in [0.1, 0.15) is 0 Å². The number of anilines is 1. The minimum atomic E-state index is -0.991. The van der Waals surface area contributed by atoms with Crippen molar-refractivity contribution >= 4 is 23.1 Å². The quantitative estimate of drug-likeness (QED) is 0.736. The predicted octanol–water partition coefficient (Wildman–Crippen LogP) is 3.77. The molecular formula is C20H21N3O4. The largest absolute Gasteiger partial charge is 0.453 e. The Balaban J connectivity index is 1.79. The molecule has 1 amide bonds. The highest BCUT2D eigenvalue weighted by atomic mass is 16.8. The van der Waals surface area contributed by atoms with Crippen molar-refractivity contribution in [1.29, 1.82) is 0 Å². The zero-order chi connectivity index (χ0) is 19.0. The number of hydrogen-bond acceptors (Lipinski definition) is 5. The molecule has 2 atom stereocenters. The first-order chi connectivity index (χ1) is 13.0. The molecule has 2 aromatic carbocycles. The molecule has 0 saturated carbocycles. The molecule has 7 heteroatoms. The van der Waals surface area contributed by atoms with Gasteiger partial charge in [0.2, 0.25) is 11.7 Å². The van der Waals surface area contributed by atoms with Crippen molar-refractivity contribution in [2.75, 3.05) is 12.4 Å². The molecule has 1 aliphatic heterocycles. The van der Waals surface area contributed by atoms with Gasteiger partial charge in [-0.15, -0.1) is 0 Å². The molecule has 3 aromatic rings. The van der Waals surface area contributed by atoms with Crippen LogP contribution in [0.15, 0.2) is 48.5 Å². The molecular weight excluding hydrogens is 346 g/mol. The number of aromatic amines is 1. The van der Waals surface area contributed by atoms with Crippen LogP contribution in [0.25, 0.3) is 11.0 Å². The molecule has 1 fully saturated rings. The highest BCUT2D eigenvalue weighted by molar-refractivity contribution is 5.86. The minimum Gasteiger partial charge on any atom is -0.453 e. The van der Waals surface area contributed by atoms with Crippen molar-refractivity contribution in [2.45, 2.75) is 31.8 Å². The van der Waals surface area contributed by atoms with Crippen LogP contribution in [0, 0.1) is 0 Å². The molecule has 2 unspecified atom stereocenters. The van der Waals surface area contributed by atoms with E-state index in [1.165, 1.54) is 7.11 Å². The molecule has 1 aliphatic rings. The second kappa shape index (κ2) is 6.68. The summed E-state index contributed by atoms with van der Waals surface area (Å²) in [5.74, 6) is -0.673. The molecule has 27 heavy (non-hydrogen) atoms. The Morgan fingerprint density at radius 1 is 1.11 bits per heavy atom. The maximum absolute atomic E-state index is 11.4. The number of nitrogens with zero attached hydrogens (tertiary/aromatic N) is 1. The van der Waals surface area contributed by atoms with E-state index in [1.807, 2.05) is 62.4 Å². The van der Waals surface area contributed by atoms with E-state index in [4.69, 9.17) is 9.47 Å². The first-order valence-electron chi connectivity index (χ1n) is 8.78. The Morgan fingerprint density at radius 3 is 2.48 bits per heavy atom. The third-order valence-electron chi connectivity index (χ3n) is 4.79. The van der Waals surface area contributed by atoms with Crippen LogP contribution in [0.3, 0.4) is 0 Å². The summed E-state index contributed by atoms with van der Waals surface area (Å²) in [6, 6.07) is 15.6. The monoisotopic (exact) mass is 367 g/mol. The lowest BCUT2D eigenvalue weighted by Gasteiger charge is -2.29. The molecule has 1 aromatic heterocycles. The fourth-order valence-electron chi connectivity index (χ4n) is 3.26. The van der Waals surface area contributed by atoms with Crippen molar-refractivity contribution in [3.05, 3.63) is 59.7 Å². The third-order valence-corrected chi connectivity index (χ3v) is 4.79. The fraction of sp³-hybridized carbons (Fsp3) is 0.300. The Hall–Kier alpha value is -2.90. The van der Waals surface area contributed by atoms with Gasteiger partial charge in [-0.2, -0.15) is 0 Å². The summed E-state index contributed by atoms with van der Waals surface area (Å²) in [6.45, 7) is 4.00. The number of carbonyl (C=O) groups is 1. The van der Waals surface area contributed by atoms with Crippen molar-refractivity contribution in [1.82, 2.24) is 9.97 Å². The van der Waals surface area contributed by atoms with E-state index in [2.05, 4.69) is 20.0 Å². The van der Waals surface area contributed by atoms with Crippen LogP contribution in [0.2, 0.25) is 0 Å². The van der Waals surface area contributed by atoms with Crippen LogP contribution in [0.1, 0.15) is 25.0 Å². The maximum atomic E-state index is 11.4. The van der Waals surface area contributed by atoms with Gasteiger partial charge in [-0.1, -0.05) is 36.4 Å². The number of carbonyl (C=O) groups excluding carboxylic acids is 1. The molecule has 7 nitrogen and oxygen atoms in total. The average Bonchev–Trinajstić information content (AvgIpc) is 3.22. The van der Waals surface area contributed by atoms with Crippen molar-refractivity contribution in [3.8, 4) is 0 Å². The molecule has 140 valence electrons. The van der Waals surface area contributed by atoms with Crippen molar-refractivity contribution in [2.24, 2.45) is 0 Å². The lowest BCUT2D eigenvalue weighted by Crippen LogP contribution is -2.29. The van der Waals surface area contributed by atoms with E-state index in [0.717, 1.165) is 16.6 Å². The minimum absolute atomic E-state index is 0.0563. The Labute approximate surface area is 156 Å². The topological polar surface area (TPSA) is 85.5 Å². The number of rotatable bonds is 3. The molecule has 2 N–H and O–H groups in total. The highest BCUT2D eigenvalue weighted by Crippen LogP contribution is 2.43. The van der Waals surface area contributed by atoms with Gasteiger partial charge in [0.15, 0.2) is 0 Å². The van der Waals surface area contributed by atoms with Gasteiger partial charge in [0, 0.05) is 11.1 Å². The molecule has 1 saturated heterocycles. The third kappa shape index (κ3) is 3.05. The Kier molecular flexibility index (Phi) is 4.33. The zero-order valence-corrected chi connectivity index (χ0v) is 15.4. The zero-order valence-electron chi connectivity index (χ0n) is 15.4. The summed E-state index contributed by atoms with van der Waals surface area (Å²) in [5, 5.41) is 2.54. The van der Waals surface area contributed by atoms with E-state index >= 15 is 0 Å². The van der Waals surface area contributed by atoms with Crippen LogP contribution < -0.4 is 5.32 Å². The number of ether oxygens (including phenoxy) is 3. The summed E-state index contributed by atoms with van der Waals surface area (Å²) in [4.78, 5) is 18.8. The number of benzene rings is 2. The number of methoxy groups -OCH3 is 1. The van der Waals surface area contributed by atoms with Gasteiger partial charge in [0.25, 0.3) is 0 Å². The van der Waals surface area contributed by atoms with Crippen LogP contribution in [-0.4, -0.2) is 35.4 Å². The maximum Gasteiger partial charge on any atom is 0.413 e. The molecule has 0 spiro atoms. The van der Waals surface area contributed by atoms with Crippen molar-refractivity contribution in [3.63, 3.8) is 0 Å². The number of aromatic nitrogens is 2. The standard InChI is InChI=1S/C20H21N3O4/c1-12-13(2)27-20(26-12,14-7-5-4-6-8-14)15-9-10-16-17(11-15)22-18(21-16)23-19(24)25-3/h4-13H,1-3H3,(H2,21,22,23,24). The number of imidazole rings is 1. The Bertz CT molecular complexity index is 960. The summed E-state index contributed by atoms with van der Waals surface area (Å²) in [7, 11) is 1.30. The normalized spacial score (nSPS) is 24.9. The fourth-order valence-corrected chi connectivity index (χ4v) is 3.26. The van der Waals surface area contributed by atoms with Gasteiger partial charge in [-0.3, -0.25) is 5.32 Å². The molecule has 0 bridgehead atoms. The summed E-state index contributed by atoms with van der Waals surface area (Å²) < 4.78 is 17.3. The SMILES string of the molecule is COC(=O)Nc1nc2ccc(C3(c4ccccc4)OC(C)C(C)O3)cc2[nH]1. The summed E-state index contributed by atoms with van der Waals surface area (Å²) >= 11 is 0. The predicted molar refractivity (Wildman–Crippen MR) is 100 cm³/mol. The average molecular weight is 367 g/mol. The van der Waals surface area contributed by atoms with Gasteiger partial charge in [-0.05, 0) is 26.0 Å². The van der Waals surface area contributed by atoms with Crippen molar-refractivity contribution < 1.29 is 19.0 Å². The van der Waals surface area contributed by atoms with Gasteiger partial charge >= 0.3 is 6.09 Å². The molecule has 4 rings (SSSR count). The van der Waals surface area contributed by atoms with Crippen LogP contribution in [0.5, 0.6) is 0 Å². The van der Waals surface area contributed by atoms with Crippen LogP contribution >= 0.6 is 0 Å². The molecule has 0 aliphatic carbocycles. The smallest absolute Gasteiger partial charge is 0.413 e. The van der Waals surface area contributed by atoms with E-state index in [9.17, 15) is 4.79 Å². The van der Waals surface area contributed by atoms with E-state index in [1.54, 1.807) is 0 Å². The number of H-pyrrole nitrogens is 1. The van der Waals surface area contributed by atoms with Gasteiger partial charge < -0.3 is 19.2 Å². The number of nitrogens with one attached hydrogen (secondary N) is 2. The first-order valence-corrected chi connectivity index (χ1v) is 8.78. The lowest BCUT2D eigenvalue weighted by atomic mass is 9.97. The van der Waals surface area contributed by atoms with Crippen LogP contribution in [-0.2, 0) is 20.0 Å². The van der Waals surface area contributed by atoms with Gasteiger partial charge in [0.05, 0.1) is 30.4 Å². The number of fused-ring (bicyclic) bond motifs is 1. The molecule has 2 heterocycles. The lowest BCUT2D eigenvalue weighted by molar-refractivity contribution is -0.147. The second-order valence-electron chi connectivity index (χ2n) is 6.56. The van der Waals surface area contributed by atoms with E-state index < -0.39 is 11.9 Å². The highest BCUT2D eigenvalue weighted by Gasteiger charge is 2.47. The van der Waals surface area contributed by atoms with Gasteiger partial charge in [-0.25, -0.2) is 9.78 Å².